The van der Waals surface area contributed by atoms with Gasteiger partial charge in [0.15, 0.2) is 19.7 Å². The predicted molar refractivity (Wildman–Crippen MR) is 196 cm³/mol. The van der Waals surface area contributed by atoms with Gasteiger partial charge in [-0.2, -0.15) is 0 Å². The van der Waals surface area contributed by atoms with Crippen LogP contribution in [0.2, 0.25) is 18.6 Å². The van der Waals surface area contributed by atoms with Gasteiger partial charge in [-0.05, 0) is 68.3 Å². The maximum Gasteiger partial charge on any atom is 0.305 e. The smallest absolute Gasteiger partial charge is 0.305 e. The number of aromatic nitrogens is 4. The Morgan fingerprint density at radius 1 is 1.06 bits per heavy atom. The van der Waals surface area contributed by atoms with Gasteiger partial charge in [-0.3, -0.25) is 23.6 Å². The molecule has 1 saturated heterocycles. The summed E-state index contributed by atoms with van der Waals surface area (Å²) in [7, 11) is -0.164. The molecule has 1 fully saturated rings. The third-order valence-corrected chi connectivity index (χ3v) is 13.1. The molecule has 2 aliphatic rings. The Balaban J connectivity index is 1.35. The number of benzene rings is 2. The minimum absolute atomic E-state index is 0.120. The average Bonchev–Trinajstić information content (AvgIpc) is 3.79. The number of anilines is 1. The normalized spacial score (nSPS) is 21.8. The molecular weight excluding hydrogens is 683 g/mol. The highest BCUT2D eigenvalue weighted by Crippen LogP contribution is 2.60. The summed E-state index contributed by atoms with van der Waals surface area (Å²) in [5.74, 6) is -1.10. The van der Waals surface area contributed by atoms with Crippen LogP contribution < -0.4 is 15.2 Å². The molecule has 0 bridgehead atoms. The highest BCUT2D eigenvalue weighted by molar-refractivity contribution is 6.71. The number of nitrogens with zero attached hydrogens (tertiary/aromatic N) is 5. The highest BCUT2D eigenvalue weighted by Gasteiger charge is 2.66. The van der Waals surface area contributed by atoms with E-state index < -0.39 is 25.9 Å². The maximum atomic E-state index is 14.8. The minimum Gasteiger partial charge on any atom is -0.491 e. The van der Waals surface area contributed by atoms with E-state index >= 15 is 0 Å². The summed E-state index contributed by atoms with van der Waals surface area (Å²) < 4.78 is 20.3. The van der Waals surface area contributed by atoms with Crippen molar-refractivity contribution in [1.82, 2.24) is 19.6 Å². The second-order valence-electron chi connectivity index (χ2n) is 14.1. The molecule has 0 radical (unpaired) electrons. The predicted octanol–water partition coefficient (Wildman–Crippen LogP) is 4.14. The van der Waals surface area contributed by atoms with Crippen molar-refractivity contribution in [3.8, 4) is 11.4 Å². The molecule has 2 aromatic heterocycles. The van der Waals surface area contributed by atoms with Crippen LogP contribution in [-0.2, 0) is 31.2 Å². The molecule has 2 aliphatic heterocycles. The number of carbonyl (C=O) groups excluding carboxylic acids is 2. The van der Waals surface area contributed by atoms with Crippen LogP contribution in [0.3, 0.4) is 0 Å². The third-order valence-electron chi connectivity index (χ3n) is 10.6. The van der Waals surface area contributed by atoms with Crippen LogP contribution >= 0.6 is 0 Å². The van der Waals surface area contributed by atoms with Gasteiger partial charge in [0.25, 0.3) is 11.5 Å². The van der Waals surface area contributed by atoms with E-state index in [1.807, 2.05) is 68.7 Å². The maximum absolute atomic E-state index is 14.8. The molecule has 2 N–H and O–H groups in total. The molecule has 6 rings (SSSR count). The van der Waals surface area contributed by atoms with Gasteiger partial charge in [-0.25, -0.2) is 0 Å². The Morgan fingerprint density at radius 3 is 2.52 bits per heavy atom. The fourth-order valence-electron chi connectivity index (χ4n) is 8.08. The van der Waals surface area contributed by atoms with Crippen molar-refractivity contribution < 1.29 is 33.7 Å². The summed E-state index contributed by atoms with van der Waals surface area (Å²) in [6, 6.07) is 18.4. The third kappa shape index (κ3) is 6.83. The van der Waals surface area contributed by atoms with E-state index in [-0.39, 0.29) is 47.7 Å². The van der Waals surface area contributed by atoms with E-state index in [4.69, 9.17) is 14.2 Å². The molecule has 52 heavy (non-hydrogen) atoms. The lowest BCUT2D eigenvalue weighted by atomic mass is 9.82. The van der Waals surface area contributed by atoms with E-state index in [9.17, 15) is 24.3 Å². The lowest BCUT2D eigenvalue weighted by Gasteiger charge is -2.32. The number of hydrogen-bond donors (Lipinski definition) is 2. The number of unbranched alkanes of at least 4 members (excludes halogenated alkanes) is 1. The molecule has 0 aliphatic carbocycles. The number of rotatable bonds is 14. The van der Waals surface area contributed by atoms with E-state index in [1.54, 1.807) is 34.0 Å². The monoisotopic (exact) mass is 729 g/mol. The molecule has 1 unspecified atom stereocenters. The Kier molecular flexibility index (Phi) is 10.8. The molecular formula is C38H47N5O8Si. The first-order chi connectivity index (χ1) is 24.9. The molecule has 0 saturated carbocycles. The van der Waals surface area contributed by atoms with Gasteiger partial charge in [0.1, 0.15) is 0 Å². The second-order valence-corrected chi connectivity index (χ2v) is 18.1. The molecule has 4 heterocycles. The van der Waals surface area contributed by atoms with Gasteiger partial charge in [0.2, 0.25) is 0 Å². The summed E-state index contributed by atoms with van der Waals surface area (Å²) in [5.41, 5.74) is 1.32. The summed E-state index contributed by atoms with van der Waals surface area (Å²) in [6.45, 7) is 6.36. The number of fused-ring (bicyclic) bond motifs is 2. The zero-order valence-corrected chi connectivity index (χ0v) is 31.3. The zero-order valence-electron chi connectivity index (χ0n) is 30.3. The van der Waals surface area contributed by atoms with Crippen molar-refractivity contribution in [2.24, 2.45) is 5.92 Å². The van der Waals surface area contributed by atoms with Crippen molar-refractivity contribution in [2.45, 2.75) is 75.4 Å². The van der Waals surface area contributed by atoms with E-state index in [0.717, 1.165) is 5.56 Å². The summed E-state index contributed by atoms with van der Waals surface area (Å²) in [4.78, 5) is 53.4. The van der Waals surface area contributed by atoms with Gasteiger partial charge < -0.3 is 29.0 Å². The first-order valence-corrected chi connectivity index (χ1v) is 20.7. The van der Waals surface area contributed by atoms with Gasteiger partial charge in [-0.1, -0.05) is 42.5 Å². The van der Waals surface area contributed by atoms with Crippen LogP contribution in [0.15, 0.2) is 77.9 Å². The lowest BCUT2D eigenvalue weighted by molar-refractivity contribution is -0.146. The number of methoxy groups -OCH3 is 2. The summed E-state index contributed by atoms with van der Waals surface area (Å²) in [6.07, 6.45) is 4.75. The SMILES string of the molecule is COC(=O)CCCCN1C(=O)[C@]2(O[C@H](CCn3cc(C(CO)c4ccccc4)nn3)[C@@H]([Si](C)(C)O)[C@@H]2C)c2cc(-n3cccc(OC)c3=O)ccc21. The first kappa shape index (κ1) is 37.1. The minimum atomic E-state index is -2.96. The molecule has 1 spiro atoms. The number of ether oxygens (including phenoxy) is 3. The van der Waals surface area contributed by atoms with Gasteiger partial charge in [-0.15, -0.1) is 5.10 Å². The quantitative estimate of drug-likeness (QED) is 0.110. The van der Waals surface area contributed by atoms with Crippen LogP contribution in [0.1, 0.15) is 55.3 Å². The van der Waals surface area contributed by atoms with Crippen molar-refractivity contribution in [2.75, 3.05) is 32.3 Å². The number of aryl methyl sites for hydroxylation is 1. The van der Waals surface area contributed by atoms with Crippen molar-refractivity contribution in [1.29, 1.82) is 0 Å². The van der Waals surface area contributed by atoms with E-state index in [2.05, 4.69) is 10.3 Å². The van der Waals surface area contributed by atoms with Crippen LogP contribution in [0, 0.1) is 5.92 Å². The number of aliphatic hydroxyl groups is 1. The van der Waals surface area contributed by atoms with Crippen molar-refractivity contribution in [3.63, 3.8) is 0 Å². The number of carbonyl (C=O) groups is 2. The van der Waals surface area contributed by atoms with Crippen LogP contribution in [0.5, 0.6) is 5.75 Å². The molecule has 1 amide bonds. The Hall–Kier alpha value is -4.63. The van der Waals surface area contributed by atoms with Crippen LogP contribution in [0.25, 0.3) is 5.69 Å². The highest BCUT2D eigenvalue weighted by atomic mass is 28.4. The second kappa shape index (κ2) is 15.1. The molecule has 2 aromatic carbocycles. The molecule has 5 atom stereocenters. The van der Waals surface area contributed by atoms with Gasteiger partial charge in [0, 0.05) is 54.6 Å². The van der Waals surface area contributed by atoms with Crippen molar-refractivity contribution >= 4 is 25.9 Å². The van der Waals surface area contributed by atoms with Crippen molar-refractivity contribution in [3.05, 3.63) is 100 Å². The van der Waals surface area contributed by atoms with E-state index in [0.29, 0.717) is 55.0 Å². The Bertz CT molecular complexity index is 1960. The van der Waals surface area contributed by atoms with E-state index in [1.165, 1.54) is 18.8 Å². The zero-order chi connectivity index (χ0) is 37.2. The number of pyridine rings is 1. The average molecular weight is 730 g/mol. The molecule has 14 heteroatoms. The van der Waals surface area contributed by atoms with Crippen LogP contribution in [-0.4, -0.2) is 83.1 Å². The Labute approximate surface area is 303 Å². The molecule has 4 aromatic rings. The van der Waals surface area contributed by atoms with Gasteiger partial charge >= 0.3 is 5.97 Å². The largest absolute Gasteiger partial charge is 0.491 e. The standard InChI is InChI=1S/C38H47N5O8Si/c1-25-35(52(4,5)48)32(18-21-41-23-30(39-40-41)28(24-44)26-12-7-6-8-13-26)51-38(25)29-22-27(42-20-11-14-33(49-2)36(42)46)16-17-31(29)43(37(38)47)19-10-9-15-34(45)50-3/h6-8,11-14,16-17,20,22-23,25,28,32,35,44,48H,9-10,15,18-19,21,24H2,1-5H3/t25-,28?,32+,35-,38+/m0/s1. The topological polar surface area (TPSA) is 158 Å². The Morgan fingerprint density at radius 2 is 1.83 bits per heavy atom. The molecule has 13 nitrogen and oxygen atoms in total. The molecule has 276 valence electrons. The lowest BCUT2D eigenvalue weighted by Crippen LogP contribution is -2.46. The fourth-order valence-corrected chi connectivity index (χ4v) is 10.7. The number of aliphatic hydroxyl groups excluding tert-OH is 1. The van der Waals surface area contributed by atoms with Gasteiger partial charge in [0.05, 0.1) is 44.2 Å². The van der Waals surface area contributed by atoms with Crippen LogP contribution in [0.4, 0.5) is 5.69 Å². The first-order valence-electron chi connectivity index (χ1n) is 17.7. The number of hydrogen-bond acceptors (Lipinski definition) is 10. The fraction of sp³-hybridized carbons (Fsp3) is 0.447. The number of amides is 1. The summed E-state index contributed by atoms with van der Waals surface area (Å²) in [5, 5.41) is 18.9. The number of esters is 1. The summed E-state index contributed by atoms with van der Waals surface area (Å²) >= 11 is 0.